The SMILES string of the molecule is C=CCC(C)n1c(=S)[nH]c2cc(F)c(Br)cc21. The van der Waals surface area contributed by atoms with Crippen molar-refractivity contribution in [2.45, 2.75) is 19.4 Å². The van der Waals surface area contributed by atoms with Crippen LogP contribution in [0.4, 0.5) is 4.39 Å². The molecule has 1 aromatic carbocycles. The molecule has 2 aromatic rings. The minimum atomic E-state index is -0.294. The summed E-state index contributed by atoms with van der Waals surface area (Å²) in [5.74, 6) is -0.294. The van der Waals surface area contributed by atoms with Gasteiger partial charge < -0.3 is 9.55 Å². The second-order valence-corrected chi connectivity index (χ2v) is 5.20. The number of imidazole rings is 1. The molecule has 90 valence electrons. The van der Waals surface area contributed by atoms with E-state index in [1.54, 1.807) is 6.07 Å². The number of nitrogens with one attached hydrogen (secondary N) is 1. The smallest absolute Gasteiger partial charge is 0.178 e. The fraction of sp³-hybridized carbons (Fsp3) is 0.250. The van der Waals surface area contributed by atoms with E-state index in [1.165, 1.54) is 6.07 Å². The molecule has 2 nitrogen and oxygen atoms in total. The monoisotopic (exact) mass is 314 g/mol. The molecule has 1 heterocycles. The molecule has 1 N–H and O–H groups in total. The van der Waals surface area contributed by atoms with Gasteiger partial charge in [0.15, 0.2) is 4.77 Å². The second-order valence-electron chi connectivity index (χ2n) is 3.96. The Morgan fingerprint density at radius 3 is 3.00 bits per heavy atom. The van der Waals surface area contributed by atoms with Crippen LogP contribution >= 0.6 is 28.1 Å². The maximum absolute atomic E-state index is 13.4. The largest absolute Gasteiger partial charge is 0.330 e. The second kappa shape index (κ2) is 4.74. The lowest BCUT2D eigenvalue weighted by molar-refractivity contribution is 0.563. The number of benzene rings is 1. The fourth-order valence-corrected chi connectivity index (χ4v) is 2.62. The fourth-order valence-electron chi connectivity index (χ4n) is 1.90. The lowest BCUT2D eigenvalue weighted by Crippen LogP contribution is -2.03. The molecule has 0 bridgehead atoms. The van der Waals surface area contributed by atoms with Crippen LogP contribution in [0.1, 0.15) is 19.4 Å². The standard InChI is InChI=1S/C12H12BrFN2S/c1-3-4-7(2)16-11-5-8(13)9(14)6-10(11)15-12(16)17/h3,5-7H,1,4H2,2H3,(H,15,17). The minimum absolute atomic E-state index is 0.200. The normalized spacial score (nSPS) is 12.9. The minimum Gasteiger partial charge on any atom is -0.330 e. The van der Waals surface area contributed by atoms with E-state index >= 15 is 0 Å². The molecule has 0 spiro atoms. The van der Waals surface area contributed by atoms with Crippen LogP contribution in [0.3, 0.4) is 0 Å². The lowest BCUT2D eigenvalue weighted by atomic mass is 10.2. The van der Waals surface area contributed by atoms with E-state index in [4.69, 9.17) is 12.2 Å². The van der Waals surface area contributed by atoms with Crippen molar-refractivity contribution in [1.82, 2.24) is 9.55 Å². The van der Waals surface area contributed by atoms with Crippen molar-refractivity contribution in [3.8, 4) is 0 Å². The Kier molecular flexibility index (Phi) is 3.49. The van der Waals surface area contributed by atoms with Crippen LogP contribution in [-0.2, 0) is 0 Å². The number of aromatic nitrogens is 2. The van der Waals surface area contributed by atoms with E-state index in [9.17, 15) is 4.39 Å². The summed E-state index contributed by atoms with van der Waals surface area (Å²) >= 11 is 8.46. The van der Waals surface area contributed by atoms with E-state index in [0.29, 0.717) is 14.8 Å². The van der Waals surface area contributed by atoms with E-state index < -0.39 is 0 Å². The third kappa shape index (κ3) is 2.21. The van der Waals surface area contributed by atoms with Crippen LogP contribution in [0.15, 0.2) is 29.3 Å². The van der Waals surface area contributed by atoms with E-state index in [2.05, 4.69) is 34.4 Å². The quantitative estimate of drug-likeness (QED) is 0.641. The summed E-state index contributed by atoms with van der Waals surface area (Å²) in [6.45, 7) is 5.78. The molecule has 0 saturated heterocycles. The van der Waals surface area contributed by atoms with Crippen molar-refractivity contribution in [3.05, 3.63) is 39.8 Å². The van der Waals surface area contributed by atoms with Crippen LogP contribution in [0.2, 0.25) is 0 Å². The zero-order valence-electron chi connectivity index (χ0n) is 9.34. The van der Waals surface area contributed by atoms with Crippen LogP contribution in [0.5, 0.6) is 0 Å². The Morgan fingerprint density at radius 2 is 2.35 bits per heavy atom. The summed E-state index contributed by atoms with van der Waals surface area (Å²) in [5, 5.41) is 0. The average molecular weight is 315 g/mol. The van der Waals surface area contributed by atoms with E-state index in [0.717, 1.165) is 11.9 Å². The number of rotatable bonds is 3. The predicted octanol–water partition coefficient (Wildman–Crippen LogP) is 4.74. The molecule has 0 aliphatic carbocycles. The molecular formula is C12H12BrFN2S. The van der Waals surface area contributed by atoms with Crippen molar-refractivity contribution < 1.29 is 4.39 Å². The van der Waals surface area contributed by atoms with Crippen molar-refractivity contribution in [2.75, 3.05) is 0 Å². The molecule has 0 amide bonds. The number of nitrogens with zero attached hydrogens (tertiary/aromatic N) is 1. The van der Waals surface area contributed by atoms with Gasteiger partial charge >= 0.3 is 0 Å². The predicted molar refractivity (Wildman–Crippen MR) is 74.3 cm³/mol. The van der Waals surface area contributed by atoms with Gasteiger partial charge in [0.2, 0.25) is 0 Å². The first-order valence-electron chi connectivity index (χ1n) is 5.24. The first kappa shape index (κ1) is 12.5. The number of hydrogen-bond acceptors (Lipinski definition) is 1. The van der Waals surface area contributed by atoms with Crippen molar-refractivity contribution in [3.63, 3.8) is 0 Å². The van der Waals surface area contributed by atoms with E-state index in [-0.39, 0.29) is 11.9 Å². The molecule has 0 saturated carbocycles. The Labute approximate surface area is 112 Å². The van der Waals surface area contributed by atoms with Crippen molar-refractivity contribution in [2.24, 2.45) is 0 Å². The molecule has 0 fully saturated rings. The maximum Gasteiger partial charge on any atom is 0.178 e. The van der Waals surface area contributed by atoms with Crippen LogP contribution in [0.25, 0.3) is 11.0 Å². The summed E-state index contributed by atoms with van der Waals surface area (Å²) in [4.78, 5) is 3.02. The molecule has 1 aromatic heterocycles. The van der Waals surface area contributed by atoms with Gasteiger partial charge in [0.1, 0.15) is 5.82 Å². The third-order valence-corrected chi connectivity index (χ3v) is 3.61. The van der Waals surface area contributed by atoms with Crippen LogP contribution in [-0.4, -0.2) is 9.55 Å². The molecule has 1 unspecified atom stereocenters. The van der Waals surface area contributed by atoms with Gasteiger partial charge in [-0.3, -0.25) is 0 Å². The lowest BCUT2D eigenvalue weighted by Gasteiger charge is -2.12. The van der Waals surface area contributed by atoms with Gasteiger partial charge in [-0.05, 0) is 47.6 Å². The first-order chi connectivity index (χ1) is 8.04. The Morgan fingerprint density at radius 1 is 1.65 bits per heavy atom. The highest BCUT2D eigenvalue weighted by molar-refractivity contribution is 9.10. The summed E-state index contributed by atoms with van der Waals surface area (Å²) in [5.41, 5.74) is 1.62. The van der Waals surface area contributed by atoms with Crippen LogP contribution in [0, 0.1) is 10.6 Å². The topological polar surface area (TPSA) is 20.7 Å². The zero-order chi connectivity index (χ0) is 12.6. The summed E-state index contributed by atoms with van der Waals surface area (Å²) in [7, 11) is 0. The Bertz CT molecular complexity index is 629. The number of fused-ring (bicyclic) bond motifs is 1. The Balaban J connectivity index is 2.70. The molecule has 17 heavy (non-hydrogen) atoms. The highest BCUT2D eigenvalue weighted by Crippen LogP contribution is 2.26. The summed E-state index contributed by atoms with van der Waals surface area (Å²) < 4.78 is 16.4. The summed E-state index contributed by atoms with van der Waals surface area (Å²) in [6, 6.07) is 3.40. The zero-order valence-corrected chi connectivity index (χ0v) is 11.7. The number of H-pyrrole nitrogens is 1. The van der Waals surface area contributed by atoms with Gasteiger partial charge in [-0.15, -0.1) is 6.58 Å². The number of aromatic amines is 1. The Hall–Kier alpha value is -0.940. The molecule has 0 aliphatic rings. The van der Waals surface area contributed by atoms with Crippen molar-refractivity contribution >= 4 is 39.2 Å². The van der Waals surface area contributed by atoms with Gasteiger partial charge in [0, 0.05) is 12.1 Å². The van der Waals surface area contributed by atoms with E-state index in [1.807, 2.05) is 10.6 Å². The number of hydrogen-bond donors (Lipinski definition) is 1. The van der Waals surface area contributed by atoms with Gasteiger partial charge in [-0.25, -0.2) is 4.39 Å². The van der Waals surface area contributed by atoms with Gasteiger partial charge in [0.05, 0.1) is 15.5 Å². The highest BCUT2D eigenvalue weighted by Gasteiger charge is 2.12. The highest BCUT2D eigenvalue weighted by atomic mass is 79.9. The first-order valence-corrected chi connectivity index (χ1v) is 6.45. The summed E-state index contributed by atoms with van der Waals surface area (Å²) in [6.07, 6.45) is 2.67. The van der Waals surface area contributed by atoms with Crippen LogP contribution < -0.4 is 0 Å². The molecule has 2 rings (SSSR count). The van der Waals surface area contributed by atoms with Gasteiger partial charge in [-0.2, -0.15) is 0 Å². The molecule has 0 aliphatic heterocycles. The van der Waals surface area contributed by atoms with Gasteiger partial charge in [0.25, 0.3) is 0 Å². The number of allylic oxidation sites excluding steroid dienone is 1. The molecule has 1 atom stereocenters. The number of halogens is 2. The third-order valence-electron chi connectivity index (χ3n) is 2.71. The molecule has 0 radical (unpaired) electrons. The molecule has 5 heteroatoms. The van der Waals surface area contributed by atoms with Gasteiger partial charge in [-0.1, -0.05) is 6.08 Å². The van der Waals surface area contributed by atoms with Crippen molar-refractivity contribution in [1.29, 1.82) is 0 Å². The average Bonchev–Trinajstić information content (AvgIpc) is 2.55. The molecular weight excluding hydrogens is 303 g/mol. The maximum atomic E-state index is 13.4.